The van der Waals surface area contributed by atoms with E-state index in [4.69, 9.17) is 16.3 Å². The number of halogens is 1. The fourth-order valence-electron chi connectivity index (χ4n) is 2.32. The number of amides is 1. The maximum absolute atomic E-state index is 12.0. The third-order valence-corrected chi connectivity index (χ3v) is 4.03. The fraction of sp³-hybridized carbons (Fsp3) is 0.263. The van der Waals surface area contributed by atoms with Gasteiger partial charge in [-0.3, -0.25) is 4.79 Å². The van der Waals surface area contributed by atoms with Crippen molar-refractivity contribution in [2.75, 3.05) is 32.6 Å². The highest BCUT2D eigenvalue weighted by atomic mass is 35.5. The van der Waals surface area contributed by atoms with Gasteiger partial charge in [-0.1, -0.05) is 23.7 Å². The summed E-state index contributed by atoms with van der Waals surface area (Å²) < 4.78 is 9.84. The molecular formula is C19H21ClN2O4. The Morgan fingerprint density at radius 2 is 1.92 bits per heavy atom. The van der Waals surface area contributed by atoms with Crippen LogP contribution in [0.15, 0.2) is 42.5 Å². The summed E-state index contributed by atoms with van der Waals surface area (Å²) in [6, 6.07) is 12.4. The molecule has 138 valence electrons. The van der Waals surface area contributed by atoms with Gasteiger partial charge < -0.3 is 20.1 Å². The minimum Gasteiger partial charge on any atom is -0.497 e. The van der Waals surface area contributed by atoms with Gasteiger partial charge in [-0.2, -0.15) is 0 Å². The lowest BCUT2D eigenvalue weighted by Crippen LogP contribution is -2.31. The number of nitrogens with one attached hydrogen (secondary N) is 2. The minimum absolute atomic E-state index is 0.0441. The van der Waals surface area contributed by atoms with Crippen molar-refractivity contribution < 1.29 is 19.1 Å². The van der Waals surface area contributed by atoms with Crippen LogP contribution < -0.4 is 15.4 Å². The number of methoxy groups -OCH3 is 2. The van der Waals surface area contributed by atoms with Crippen molar-refractivity contribution in [1.29, 1.82) is 0 Å². The average Bonchev–Trinajstić information content (AvgIpc) is 2.67. The highest BCUT2D eigenvalue weighted by Crippen LogP contribution is 2.23. The van der Waals surface area contributed by atoms with Crippen LogP contribution in [0.25, 0.3) is 0 Å². The van der Waals surface area contributed by atoms with E-state index in [1.54, 1.807) is 25.3 Å². The van der Waals surface area contributed by atoms with Crippen molar-refractivity contribution in [3.63, 3.8) is 0 Å². The Hall–Kier alpha value is -2.73. The molecule has 0 aliphatic carbocycles. The van der Waals surface area contributed by atoms with Crippen LogP contribution in [0.1, 0.15) is 15.9 Å². The number of anilines is 1. The van der Waals surface area contributed by atoms with Crippen LogP contribution in [0.5, 0.6) is 5.75 Å². The molecule has 2 aromatic carbocycles. The Labute approximate surface area is 157 Å². The van der Waals surface area contributed by atoms with Crippen LogP contribution in [0.2, 0.25) is 5.02 Å². The number of hydrogen-bond acceptors (Lipinski definition) is 5. The quantitative estimate of drug-likeness (QED) is 0.693. The predicted octanol–water partition coefficient (Wildman–Crippen LogP) is 2.91. The number of rotatable bonds is 8. The highest BCUT2D eigenvalue weighted by molar-refractivity contribution is 6.33. The van der Waals surface area contributed by atoms with Crippen LogP contribution >= 0.6 is 11.6 Å². The Balaban J connectivity index is 1.82. The van der Waals surface area contributed by atoms with Gasteiger partial charge in [0.2, 0.25) is 5.91 Å². The first-order valence-corrected chi connectivity index (χ1v) is 8.42. The second-order valence-electron chi connectivity index (χ2n) is 5.49. The van der Waals surface area contributed by atoms with Crippen LogP contribution in [0.4, 0.5) is 5.69 Å². The van der Waals surface area contributed by atoms with Crippen molar-refractivity contribution in [3.8, 4) is 5.75 Å². The molecule has 0 heterocycles. The summed E-state index contributed by atoms with van der Waals surface area (Å²) in [6.07, 6.45) is 0.696. The second-order valence-corrected chi connectivity index (χ2v) is 5.90. The predicted molar refractivity (Wildman–Crippen MR) is 101 cm³/mol. The Bertz CT molecular complexity index is 780. The van der Waals surface area contributed by atoms with Gasteiger partial charge in [0.1, 0.15) is 5.75 Å². The normalized spacial score (nSPS) is 10.1. The summed E-state index contributed by atoms with van der Waals surface area (Å²) in [5, 5.41) is 6.18. The van der Waals surface area contributed by atoms with Crippen molar-refractivity contribution in [1.82, 2.24) is 5.32 Å². The van der Waals surface area contributed by atoms with E-state index < -0.39 is 5.97 Å². The molecule has 7 heteroatoms. The molecule has 0 fully saturated rings. The molecular weight excluding hydrogens is 356 g/mol. The Kier molecular flexibility index (Phi) is 7.29. The van der Waals surface area contributed by atoms with E-state index in [2.05, 4.69) is 15.4 Å². The number of carbonyl (C=O) groups is 2. The molecule has 0 bridgehead atoms. The number of carbonyl (C=O) groups excluding carboxylic acids is 2. The lowest BCUT2D eigenvalue weighted by molar-refractivity contribution is -0.119. The largest absolute Gasteiger partial charge is 0.497 e. The minimum atomic E-state index is -0.465. The second kappa shape index (κ2) is 9.68. The molecule has 0 saturated carbocycles. The first-order chi connectivity index (χ1) is 12.5. The van der Waals surface area contributed by atoms with E-state index in [0.717, 1.165) is 11.3 Å². The van der Waals surface area contributed by atoms with Crippen molar-refractivity contribution in [3.05, 3.63) is 58.6 Å². The molecule has 26 heavy (non-hydrogen) atoms. The van der Waals surface area contributed by atoms with Crippen molar-refractivity contribution in [2.24, 2.45) is 0 Å². The van der Waals surface area contributed by atoms with E-state index in [0.29, 0.717) is 29.2 Å². The van der Waals surface area contributed by atoms with E-state index in [1.807, 2.05) is 24.3 Å². The van der Waals surface area contributed by atoms with Gasteiger partial charge in [0, 0.05) is 6.54 Å². The van der Waals surface area contributed by atoms with Crippen LogP contribution in [-0.4, -0.2) is 39.2 Å². The molecule has 0 aliphatic heterocycles. The van der Waals surface area contributed by atoms with E-state index in [-0.39, 0.29) is 12.5 Å². The zero-order chi connectivity index (χ0) is 18.9. The number of benzene rings is 2. The Morgan fingerprint density at radius 3 is 2.65 bits per heavy atom. The van der Waals surface area contributed by atoms with Gasteiger partial charge >= 0.3 is 5.97 Å². The summed E-state index contributed by atoms with van der Waals surface area (Å²) in [4.78, 5) is 23.5. The first-order valence-electron chi connectivity index (χ1n) is 8.05. The van der Waals surface area contributed by atoms with Gasteiger partial charge in [0.25, 0.3) is 0 Å². The molecule has 2 rings (SSSR count). The van der Waals surface area contributed by atoms with Gasteiger partial charge in [0.05, 0.1) is 37.0 Å². The molecule has 2 aromatic rings. The molecule has 0 aliphatic rings. The fourth-order valence-corrected chi connectivity index (χ4v) is 2.50. The van der Waals surface area contributed by atoms with E-state index >= 15 is 0 Å². The average molecular weight is 377 g/mol. The molecule has 0 atom stereocenters. The molecule has 6 nitrogen and oxygen atoms in total. The Morgan fingerprint density at radius 1 is 1.12 bits per heavy atom. The smallest absolute Gasteiger partial charge is 0.337 e. The molecule has 0 spiro atoms. The third-order valence-electron chi connectivity index (χ3n) is 3.70. The van der Waals surface area contributed by atoms with Crippen LogP contribution in [-0.2, 0) is 16.0 Å². The molecule has 0 aromatic heterocycles. The maximum Gasteiger partial charge on any atom is 0.337 e. The number of ether oxygens (including phenoxy) is 2. The first kappa shape index (κ1) is 19.6. The van der Waals surface area contributed by atoms with Crippen LogP contribution in [0, 0.1) is 0 Å². The molecule has 0 unspecified atom stereocenters. The topological polar surface area (TPSA) is 76.7 Å². The molecule has 0 saturated heterocycles. The third kappa shape index (κ3) is 5.67. The van der Waals surface area contributed by atoms with Crippen LogP contribution in [0.3, 0.4) is 0 Å². The molecule has 1 amide bonds. The highest BCUT2D eigenvalue weighted by Gasteiger charge is 2.10. The van der Waals surface area contributed by atoms with Gasteiger partial charge in [0.15, 0.2) is 0 Å². The van der Waals surface area contributed by atoms with Crippen molar-refractivity contribution >= 4 is 29.2 Å². The standard InChI is InChI=1S/C19H21ClN2O4/c1-25-15-5-3-4-13(10-15)8-9-21-18(23)12-22-17-11-14(19(24)26-2)6-7-16(17)20/h3-7,10-11,22H,8-9,12H2,1-2H3,(H,21,23). The maximum atomic E-state index is 12.0. The number of esters is 1. The summed E-state index contributed by atoms with van der Waals surface area (Å²) in [5.41, 5.74) is 1.93. The lowest BCUT2D eigenvalue weighted by atomic mass is 10.1. The summed E-state index contributed by atoms with van der Waals surface area (Å²) in [6.45, 7) is 0.548. The van der Waals surface area contributed by atoms with Gasteiger partial charge in [-0.05, 0) is 42.3 Å². The lowest BCUT2D eigenvalue weighted by Gasteiger charge is -2.11. The van der Waals surface area contributed by atoms with Gasteiger partial charge in [-0.25, -0.2) is 4.79 Å². The summed E-state index contributed by atoms with van der Waals surface area (Å²) >= 11 is 6.08. The van der Waals surface area contributed by atoms with E-state index in [1.165, 1.54) is 7.11 Å². The summed E-state index contributed by atoms with van der Waals surface area (Å²) in [5.74, 6) is 0.149. The van der Waals surface area contributed by atoms with E-state index in [9.17, 15) is 9.59 Å². The summed E-state index contributed by atoms with van der Waals surface area (Å²) in [7, 11) is 2.92. The van der Waals surface area contributed by atoms with Gasteiger partial charge in [-0.15, -0.1) is 0 Å². The monoisotopic (exact) mass is 376 g/mol. The molecule has 2 N–H and O–H groups in total. The SMILES string of the molecule is COC(=O)c1ccc(Cl)c(NCC(=O)NCCc2cccc(OC)c2)c1. The zero-order valence-corrected chi connectivity index (χ0v) is 15.4. The zero-order valence-electron chi connectivity index (χ0n) is 14.7. The van der Waals surface area contributed by atoms with Crippen molar-refractivity contribution in [2.45, 2.75) is 6.42 Å². The number of hydrogen-bond donors (Lipinski definition) is 2. The molecule has 0 radical (unpaired) electrons.